The molecule has 1 saturated heterocycles. The van der Waals surface area contributed by atoms with E-state index in [0.29, 0.717) is 19.5 Å². The third kappa shape index (κ3) is 4.33. The number of carbonyl (C=O) groups is 1. The van der Waals surface area contributed by atoms with Crippen LogP contribution in [0, 0.1) is 0 Å². The topological polar surface area (TPSA) is 82.0 Å². The van der Waals surface area contributed by atoms with Crippen molar-refractivity contribution in [2.75, 3.05) is 26.3 Å². The minimum absolute atomic E-state index is 0.0896. The van der Waals surface area contributed by atoms with Crippen LogP contribution in [-0.4, -0.2) is 64.7 Å². The van der Waals surface area contributed by atoms with Gasteiger partial charge in [0.15, 0.2) is 0 Å². The molecule has 19 heavy (non-hydrogen) atoms. The molecule has 1 aliphatic heterocycles. The smallest absolute Gasteiger partial charge is 0.410 e. The minimum Gasteiger partial charge on any atom is -0.444 e. The van der Waals surface area contributed by atoms with Crippen LogP contribution in [0.4, 0.5) is 4.79 Å². The molecule has 0 radical (unpaired) electrons. The maximum Gasteiger partial charge on any atom is 0.410 e. The van der Waals surface area contributed by atoms with Crippen molar-refractivity contribution in [2.45, 2.75) is 51.3 Å². The summed E-state index contributed by atoms with van der Waals surface area (Å²) in [6.45, 7) is 8.24. The van der Waals surface area contributed by atoms with Crippen molar-refractivity contribution in [3.05, 3.63) is 0 Å². The van der Waals surface area contributed by atoms with Gasteiger partial charge in [0, 0.05) is 19.1 Å². The summed E-state index contributed by atoms with van der Waals surface area (Å²) in [5, 5.41) is 21.9. The molecule has 1 fully saturated rings. The Morgan fingerprint density at radius 1 is 1.32 bits per heavy atom. The summed E-state index contributed by atoms with van der Waals surface area (Å²) >= 11 is 0. The lowest BCUT2D eigenvalue weighted by Crippen LogP contribution is -2.67. The van der Waals surface area contributed by atoms with Gasteiger partial charge in [0.2, 0.25) is 0 Å². The van der Waals surface area contributed by atoms with Gasteiger partial charge in [0.05, 0.1) is 18.8 Å². The van der Waals surface area contributed by atoms with E-state index in [9.17, 15) is 15.0 Å². The number of likely N-dealkylation sites (tertiary alicyclic amines) is 1. The predicted molar refractivity (Wildman–Crippen MR) is 71.9 cm³/mol. The Bertz CT molecular complexity index is 296. The third-order valence-corrected chi connectivity index (χ3v) is 3.33. The summed E-state index contributed by atoms with van der Waals surface area (Å²) in [5.74, 6) is 0. The van der Waals surface area contributed by atoms with Crippen LogP contribution in [0.25, 0.3) is 0 Å². The molecule has 3 N–H and O–H groups in total. The van der Waals surface area contributed by atoms with Gasteiger partial charge < -0.3 is 25.2 Å². The van der Waals surface area contributed by atoms with Crippen LogP contribution in [-0.2, 0) is 4.74 Å². The highest BCUT2D eigenvalue weighted by atomic mass is 16.6. The molecule has 0 aromatic rings. The molecule has 0 aromatic carbocycles. The number of ether oxygens (including phenoxy) is 1. The molecule has 0 aromatic heterocycles. The number of amides is 1. The maximum absolute atomic E-state index is 11.7. The van der Waals surface area contributed by atoms with Gasteiger partial charge in [-0.05, 0) is 27.2 Å². The molecule has 6 heteroatoms. The van der Waals surface area contributed by atoms with Gasteiger partial charge in [-0.2, -0.15) is 0 Å². The van der Waals surface area contributed by atoms with E-state index in [2.05, 4.69) is 5.32 Å². The van der Waals surface area contributed by atoms with E-state index < -0.39 is 11.1 Å². The summed E-state index contributed by atoms with van der Waals surface area (Å²) in [6, 6.07) is 0.0896. The molecular formula is C13H26N2O4. The van der Waals surface area contributed by atoms with Crippen LogP contribution < -0.4 is 5.32 Å². The van der Waals surface area contributed by atoms with Crippen molar-refractivity contribution in [1.29, 1.82) is 0 Å². The molecule has 6 nitrogen and oxygen atoms in total. The van der Waals surface area contributed by atoms with Crippen molar-refractivity contribution in [3.63, 3.8) is 0 Å². The number of hydrogen-bond acceptors (Lipinski definition) is 5. The van der Waals surface area contributed by atoms with Crippen LogP contribution in [0.2, 0.25) is 0 Å². The zero-order chi connectivity index (χ0) is 14.7. The van der Waals surface area contributed by atoms with Crippen molar-refractivity contribution >= 4 is 6.09 Å². The highest BCUT2D eigenvalue weighted by molar-refractivity contribution is 5.69. The number of carbonyl (C=O) groups excluding carboxylic acids is 1. The average Bonchev–Trinajstić information content (AvgIpc) is 2.26. The monoisotopic (exact) mass is 274 g/mol. The number of aliphatic hydroxyl groups is 2. The summed E-state index contributed by atoms with van der Waals surface area (Å²) in [6.07, 6.45) is 0.309. The number of nitrogens with one attached hydrogen (secondary N) is 1. The molecule has 0 bridgehead atoms. The van der Waals surface area contributed by atoms with Gasteiger partial charge in [-0.3, -0.25) is 0 Å². The molecule has 1 rings (SSSR count). The maximum atomic E-state index is 11.7. The van der Waals surface area contributed by atoms with Gasteiger partial charge in [0.25, 0.3) is 0 Å². The van der Waals surface area contributed by atoms with E-state index in [1.165, 1.54) is 0 Å². The summed E-state index contributed by atoms with van der Waals surface area (Å²) in [4.78, 5) is 13.3. The fourth-order valence-electron chi connectivity index (χ4n) is 1.95. The lowest BCUT2D eigenvalue weighted by molar-refractivity contribution is -0.00558. The molecular weight excluding hydrogens is 248 g/mol. The van der Waals surface area contributed by atoms with Gasteiger partial charge in [-0.15, -0.1) is 0 Å². The Labute approximate surface area is 114 Å². The van der Waals surface area contributed by atoms with Gasteiger partial charge in [0.1, 0.15) is 5.60 Å². The first-order chi connectivity index (χ1) is 8.75. The zero-order valence-corrected chi connectivity index (χ0v) is 12.3. The molecule has 112 valence electrons. The van der Waals surface area contributed by atoms with Crippen molar-refractivity contribution in [2.24, 2.45) is 0 Å². The Hall–Kier alpha value is -0.850. The van der Waals surface area contributed by atoms with E-state index in [1.807, 2.05) is 27.7 Å². The highest BCUT2D eigenvalue weighted by Crippen LogP contribution is 2.18. The van der Waals surface area contributed by atoms with E-state index in [1.54, 1.807) is 4.90 Å². The van der Waals surface area contributed by atoms with E-state index in [0.717, 1.165) is 0 Å². The number of nitrogens with zero attached hydrogens (tertiary/aromatic N) is 1. The van der Waals surface area contributed by atoms with Crippen LogP contribution >= 0.6 is 0 Å². The second-order valence-electron chi connectivity index (χ2n) is 6.18. The second kappa shape index (κ2) is 6.07. The average molecular weight is 274 g/mol. The fraction of sp³-hybridized carbons (Fsp3) is 0.923. The first-order valence-electron chi connectivity index (χ1n) is 6.72. The first kappa shape index (κ1) is 16.2. The number of aliphatic hydroxyl groups excluding tert-OH is 2. The van der Waals surface area contributed by atoms with Crippen molar-refractivity contribution in [1.82, 2.24) is 10.2 Å². The van der Waals surface area contributed by atoms with Crippen LogP contribution in [0.15, 0.2) is 0 Å². The summed E-state index contributed by atoms with van der Waals surface area (Å²) in [5.41, 5.74) is -1.15. The van der Waals surface area contributed by atoms with Crippen LogP contribution in [0.1, 0.15) is 34.1 Å². The SMILES string of the molecule is CCC(CO)(CO)NC1CN(C(=O)OC(C)(C)C)C1. The Morgan fingerprint density at radius 2 is 1.84 bits per heavy atom. The lowest BCUT2D eigenvalue weighted by Gasteiger charge is -2.44. The van der Waals surface area contributed by atoms with Gasteiger partial charge in [-0.1, -0.05) is 6.92 Å². The normalized spacial score (nSPS) is 17.3. The van der Waals surface area contributed by atoms with Crippen LogP contribution in [0.5, 0.6) is 0 Å². The van der Waals surface area contributed by atoms with Crippen molar-refractivity contribution < 1.29 is 19.7 Å². The van der Waals surface area contributed by atoms with Crippen LogP contribution in [0.3, 0.4) is 0 Å². The number of rotatable bonds is 5. The largest absolute Gasteiger partial charge is 0.444 e. The van der Waals surface area contributed by atoms with E-state index in [4.69, 9.17) is 4.74 Å². The standard InChI is InChI=1S/C13H26N2O4/c1-5-13(8-16,9-17)14-10-6-15(7-10)11(18)19-12(2,3)4/h10,14,16-17H,5-9H2,1-4H3. The second-order valence-corrected chi connectivity index (χ2v) is 6.18. The molecule has 0 atom stereocenters. The van der Waals surface area contributed by atoms with Crippen molar-refractivity contribution in [3.8, 4) is 0 Å². The highest BCUT2D eigenvalue weighted by Gasteiger charge is 2.38. The summed E-state index contributed by atoms with van der Waals surface area (Å²) in [7, 11) is 0. The quantitative estimate of drug-likeness (QED) is 0.673. The predicted octanol–water partition coefficient (Wildman–Crippen LogP) is 0.329. The Kier molecular flexibility index (Phi) is 5.18. The molecule has 1 aliphatic rings. The lowest BCUT2D eigenvalue weighted by atomic mass is 9.95. The zero-order valence-electron chi connectivity index (χ0n) is 12.3. The summed E-state index contributed by atoms with van der Waals surface area (Å²) < 4.78 is 5.26. The Morgan fingerprint density at radius 3 is 2.21 bits per heavy atom. The molecule has 0 spiro atoms. The minimum atomic E-state index is -0.662. The third-order valence-electron chi connectivity index (χ3n) is 3.33. The number of hydrogen-bond donors (Lipinski definition) is 3. The van der Waals surface area contributed by atoms with Gasteiger partial charge >= 0.3 is 6.09 Å². The first-order valence-corrected chi connectivity index (χ1v) is 6.72. The fourth-order valence-corrected chi connectivity index (χ4v) is 1.95. The van der Waals surface area contributed by atoms with E-state index in [-0.39, 0.29) is 25.3 Å². The molecule has 1 amide bonds. The molecule has 0 saturated carbocycles. The van der Waals surface area contributed by atoms with E-state index >= 15 is 0 Å². The molecule has 1 heterocycles. The molecule has 0 unspecified atom stereocenters. The molecule has 0 aliphatic carbocycles. The van der Waals surface area contributed by atoms with Gasteiger partial charge in [-0.25, -0.2) is 4.79 Å². The Balaban J connectivity index is 2.40.